The van der Waals surface area contributed by atoms with E-state index in [1.165, 1.54) is 5.56 Å². The molecule has 0 aliphatic carbocycles. The number of ether oxygens (including phenoxy) is 2. The fourth-order valence-corrected chi connectivity index (χ4v) is 5.78. The molecule has 1 aromatic heterocycles. The van der Waals surface area contributed by atoms with Crippen molar-refractivity contribution in [3.8, 4) is 11.5 Å². The van der Waals surface area contributed by atoms with Crippen molar-refractivity contribution in [3.63, 3.8) is 0 Å². The molecule has 0 saturated carbocycles. The number of fused-ring (bicyclic) bond motifs is 1. The van der Waals surface area contributed by atoms with Crippen LogP contribution in [-0.4, -0.2) is 26.2 Å². The Kier molecular flexibility index (Phi) is 8.15. The lowest BCUT2D eigenvalue weighted by Gasteiger charge is -2.38. The van der Waals surface area contributed by atoms with Gasteiger partial charge in [0.25, 0.3) is 0 Å². The number of hydrogen-bond acceptors (Lipinski definition) is 5. The summed E-state index contributed by atoms with van der Waals surface area (Å²) < 4.78 is 11.9. The molecule has 0 N–H and O–H groups in total. The van der Waals surface area contributed by atoms with Crippen LogP contribution in [0.3, 0.4) is 0 Å². The Hall–Kier alpha value is -3.48. The molecule has 2 unspecified atom stereocenters. The molecule has 2 heterocycles. The standard InChI is InChI=1S/C32H33ClN2O3S/c1-5-21(2)38-30-18-28-24(16-29(30)37-4)17-31(36)35(32(28)23-6-8-25(33)9-7-23)27-12-10-26(11-13-27)34(3)19-22-14-15-39-20-22/h6-16,18,20-21,32H,5,17,19H2,1-4H3. The van der Waals surface area contributed by atoms with E-state index in [9.17, 15) is 4.79 Å². The zero-order valence-electron chi connectivity index (χ0n) is 22.7. The molecule has 7 heteroatoms. The fourth-order valence-electron chi connectivity index (χ4n) is 4.99. The number of amides is 1. The number of halogens is 1. The number of hydrogen-bond donors (Lipinski definition) is 0. The van der Waals surface area contributed by atoms with Crippen LogP contribution in [0.25, 0.3) is 0 Å². The highest BCUT2D eigenvalue weighted by atomic mass is 35.5. The zero-order chi connectivity index (χ0) is 27.5. The van der Waals surface area contributed by atoms with Crippen LogP contribution < -0.4 is 19.3 Å². The van der Waals surface area contributed by atoms with Gasteiger partial charge in [0.15, 0.2) is 11.5 Å². The normalized spacial score (nSPS) is 15.6. The van der Waals surface area contributed by atoms with Crippen LogP contribution in [0.2, 0.25) is 5.02 Å². The summed E-state index contributed by atoms with van der Waals surface area (Å²) in [6, 6.07) is 21.8. The Morgan fingerprint density at radius 2 is 1.82 bits per heavy atom. The van der Waals surface area contributed by atoms with E-state index >= 15 is 0 Å². The number of carbonyl (C=O) groups is 1. The molecule has 3 aromatic carbocycles. The molecule has 1 aliphatic rings. The summed E-state index contributed by atoms with van der Waals surface area (Å²) in [4.78, 5) is 17.9. The monoisotopic (exact) mass is 560 g/mol. The van der Waals surface area contributed by atoms with Gasteiger partial charge in [0.2, 0.25) is 5.91 Å². The second kappa shape index (κ2) is 11.7. The van der Waals surface area contributed by atoms with Crippen LogP contribution in [-0.2, 0) is 17.8 Å². The first-order chi connectivity index (χ1) is 18.9. The smallest absolute Gasteiger partial charge is 0.232 e. The van der Waals surface area contributed by atoms with Crippen molar-refractivity contribution in [2.24, 2.45) is 0 Å². The van der Waals surface area contributed by atoms with Gasteiger partial charge < -0.3 is 19.3 Å². The number of methoxy groups -OCH3 is 1. The third-order valence-corrected chi connectivity index (χ3v) is 8.23. The van der Waals surface area contributed by atoms with Crippen molar-refractivity contribution < 1.29 is 14.3 Å². The lowest BCUT2D eigenvalue weighted by molar-refractivity contribution is -0.118. The van der Waals surface area contributed by atoms with Crippen molar-refractivity contribution >= 4 is 40.2 Å². The Morgan fingerprint density at radius 3 is 2.46 bits per heavy atom. The van der Waals surface area contributed by atoms with Crippen molar-refractivity contribution in [1.82, 2.24) is 0 Å². The third-order valence-electron chi connectivity index (χ3n) is 7.25. The van der Waals surface area contributed by atoms with E-state index in [0.29, 0.717) is 16.5 Å². The average Bonchev–Trinajstić information content (AvgIpc) is 3.46. The summed E-state index contributed by atoms with van der Waals surface area (Å²) in [5.74, 6) is 1.35. The zero-order valence-corrected chi connectivity index (χ0v) is 24.3. The molecule has 1 amide bonds. The summed E-state index contributed by atoms with van der Waals surface area (Å²) in [6.07, 6.45) is 1.18. The fraction of sp³-hybridized carbons (Fsp3) is 0.281. The minimum Gasteiger partial charge on any atom is -0.493 e. The van der Waals surface area contributed by atoms with Crippen LogP contribution in [0.4, 0.5) is 11.4 Å². The van der Waals surface area contributed by atoms with Crippen molar-refractivity contribution in [1.29, 1.82) is 0 Å². The van der Waals surface area contributed by atoms with Gasteiger partial charge in [-0.3, -0.25) is 4.79 Å². The van der Waals surface area contributed by atoms with Gasteiger partial charge in [0, 0.05) is 30.0 Å². The number of benzene rings is 3. The average molecular weight is 561 g/mol. The molecule has 5 rings (SSSR count). The molecular formula is C32H33ClN2O3S. The SMILES string of the molecule is CCC(C)Oc1cc2c(cc1OC)CC(=O)N(c1ccc(N(C)Cc3ccsc3)cc1)C2c1ccc(Cl)cc1. The minimum atomic E-state index is -0.335. The summed E-state index contributed by atoms with van der Waals surface area (Å²) in [5, 5.41) is 4.92. The Morgan fingerprint density at radius 1 is 1.08 bits per heavy atom. The minimum absolute atomic E-state index is 0.0273. The highest BCUT2D eigenvalue weighted by molar-refractivity contribution is 7.07. The topological polar surface area (TPSA) is 42.0 Å². The predicted molar refractivity (Wildman–Crippen MR) is 161 cm³/mol. The summed E-state index contributed by atoms with van der Waals surface area (Å²) in [6.45, 7) is 4.96. The molecule has 39 heavy (non-hydrogen) atoms. The predicted octanol–water partition coefficient (Wildman–Crippen LogP) is 7.90. The molecule has 0 saturated heterocycles. The van der Waals surface area contributed by atoms with Gasteiger partial charge in [-0.15, -0.1) is 0 Å². The van der Waals surface area contributed by atoms with Crippen LogP contribution >= 0.6 is 22.9 Å². The van der Waals surface area contributed by atoms with Gasteiger partial charge in [-0.1, -0.05) is 30.7 Å². The maximum absolute atomic E-state index is 13.8. The van der Waals surface area contributed by atoms with E-state index in [2.05, 4.69) is 47.8 Å². The lowest BCUT2D eigenvalue weighted by Crippen LogP contribution is -2.41. The van der Waals surface area contributed by atoms with Gasteiger partial charge in [0.1, 0.15) is 0 Å². The van der Waals surface area contributed by atoms with Gasteiger partial charge >= 0.3 is 0 Å². The largest absolute Gasteiger partial charge is 0.493 e. The molecule has 5 nitrogen and oxygen atoms in total. The van der Waals surface area contributed by atoms with Crippen molar-refractivity contribution in [2.75, 3.05) is 24.0 Å². The maximum Gasteiger partial charge on any atom is 0.232 e. The highest BCUT2D eigenvalue weighted by Gasteiger charge is 2.36. The Bertz CT molecular complexity index is 1420. The number of rotatable bonds is 9. The highest BCUT2D eigenvalue weighted by Crippen LogP contribution is 2.44. The molecule has 202 valence electrons. The van der Waals surface area contributed by atoms with Gasteiger partial charge in [-0.25, -0.2) is 0 Å². The number of carbonyl (C=O) groups excluding carboxylic acids is 1. The van der Waals surface area contributed by atoms with E-state index < -0.39 is 0 Å². The summed E-state index contributed by atoms with van der Waals surface area (Å²) >= 11 is 7.95. The lowest BCUT2D eigenvalue weighted by atomic mass is 9.86. The molecule has 0 spiro atoms. The summed E-state index contributed by atoms with van der Waals surface area (Å²) in [7, 11) is 3.72. The van der Waals surface area contributed by atoms with E-state index in [1.807, 2.05) is 60.4 Å². The second-order valence-corrected chi connectivity index (χ2v) is 11.2. The van der Waals surface area contributed by atoms with Crippen molar-refractivity contribution in [3.05, 3.63) is 105 Å². The number of anilines is 2. The number of nitrogens with zero attached hydrogens (tertiary/aromatic N) is 2. The maximum atomic E-state index is 13.8. The van der Waals surface area contributed by atoms with E-state index in [0.717, 1.165) is 41.0 Å². The van der Waals surface area contributed by atoms with Gasteiger partial charge in [-0.2, -0.15) is 11.3 Å². The molecule has 0 radical (unpaired) electrons. The molecule has 1 aliphatic heterocycles. The third kappa shape index (κ3) is 5.77. The van der Waals surface area contributed by atoms with Crippen LogP contribution in [0.1, 0.15) is 48.6 Å². The molecule has 0 fully saturated rings. The van der Waals surface area contributed by atoms with Crippen LogP contribution in [0.5, 0.6) is 11.5 Å². The van der Waals surface area contributed by atoms with Gasteiger partial charge in [-0.05, 0) is 101 Å². The second-order valence-electron chi connectivity index (χ2n) is 9.94. The number of thiophene rings is 1. The first kappa shape index (κ1) is 27.1. The van der Waals surface area contributed by atoms with Crippen LogP contribution in [0, 0.1) is 0 Å². The summed E-state index contributed by atoms with van der Waals surface area (Å²) in [5.41, 5.74) is 6.16. The van der Waals surface area contributed by atoms with E-state index in [1.54, 1.807) is 18.4 Å². The van der Waals surface area contributed by atoms with E-state index in [4.69, 9.17) is 21.1 Å². The molecular weight excluding hydrogens is 528 g/mol. The first-order valence-corrected chi connectivity index (χ1v) is 14.5. The Balaban J connectivity index is 1.56. The van der Waals surface area contributed by atoms with Crippen LogP contribution in [0.15, 0.2) is 77.5 Å². The molecule has 0 bridgehead atoms. The van der Waals surface area contributed by atoms with Crippen molar-refractivity contribution in [2.45, 2.75) is 45.4 Å². The molecule has 4 aromatic rings. The van der Waals surface area contributed by atoms with Gasteiger partial charge in [0.05, 0.1) is 25.7 Å². The van der Waals surface area contributed by atoms with E-state index in [-0.39, 0.29) is 24.5 Å². The Labute approximate surface area is 239 Å². The quantitative estimate of drug-likeness (QED) is 0.209. The first-order valence-electron chi connectivity index (χ1n) is 13.1. The molecule has 2 atom stereocenters.